The van der Waals surface area contributed by atoms with E-state index in [-0.39, 0.29) is 5.91 Å². The zero-order valence-electron chi connectivity index (χ0n) is 17.9. The Hall–Kier alpha value is -2.48. The van der Waals surface area contributed by atoms with Crippen molar-refractivity contribution in [3.8, 4) is 0 Å². The quantitative estimate of drug-likeness (QED) is 0.766. The summed E-state index contributed by atoms with van der Waals surface area (Å²) >= 11 is 0. The van der Waals surface area contributed by atoms with E-state index in [0.29, 0.717) is 30.1 Å². The van der Waals surface area contributed by atoms with E-state index in [1.54, 1.807) is 6.92 Å². The van der Waals surface area contributed by atoms with Gasteiger partial charge in [0.05, 0.1) is 11.4 Å². The second-order valence-electron chi connectivity index (χ2n) is 8.74. The summed E-state index contributed by atoms with van der Waals surface area (Å²) in [6.45, 7) is 9.12. The van der Waals surface area contributed by atoms with Crippen molar-refractivity contribution in [1.29, 1.82) is 0 Å². The average Bonchev–Trinajstić information content (AvgIpc) is 2.92. The Kier molecular flexibility index (Phi) is 5.18. The van der Waals surface area contributed by atoms with Gasteiger partial charge in [-0.05, 0) is 38.7 Å². The first-order valence-electron chi connectivity index (χ1n) is 11.2. The average molecular weight is 411 g/mol. The highest BCUT2D eigenvalue weighted by Gasteiger charge is 2.29. The van der Waals surface area contributed by atoms with Gasteiger partial charge in [-0.3, -0.25) is 9.69 Å². The molecule has 2 aromatic heterocycles. The first-order chi connectivity index (χ1) is 14.6. The lowest BCUT2D eigenvalue weighted by Crippen LogP contribution is -2.52. The molecular formula is C22H30N6O2. The molecule has 0 unspecified atom stereocenters. The summed E-state index contributed by atoms with van der Waals surface area (Å²) in [5, 5.41) is 3.93. The van der Waals surface area contributed by atoms with E-state index >= 15 is 0 Å². The third-order valence-corrected chi connectivity index (χ3v) is 6.93. The Balaban J connectivity index is 1.25. The lowest BCUT2D eigenvalue weighted by atomic mass is 9.91. The monoisotopic (exact) mass is 410 g/mol. The number of anilines is 1. The number of carbonyl (C=O) groups is 1. The molecule has 0 aromatic carbocycles. The topological polar surface area (TPSA) is 78.6 Å². The predicted molar refractivity (Wildman–Crippen MR) is 113 cm³/mol. The fourth-order valence-corrected chi connectivity index (χ4v) is 4.81. The molecule has 1 saturated heterocycles. The van der Waals surface area contributed by atoms with Gasteiger partial charge >= 0.3 is 0 Å². The molecule has 1 saturated carbocycles. The minimum absolute atomic E-state index is 0.000597. The summed E-state index contributed by atoms with van der Waals surface area (Å²) in [4.78, 5) is 29.4. The van der Waals surface area contributed by atoms with Crippen molar-refractivity contribution in [3.63, 3.8) is 0 Å². The minimum atomic E-state index is -0.000597. The molecule has 30 heavy (non-hydrogen) atoms. The molecule has 0 bridgehead atoms. The van der Waals surface area contributed by atoms with Crippen LogP contribution in [-0.2, 0) is 12.8 Å². The number of aromatic nitrogens is 3. The Morgan fingerprint density at radius 1 is 1.07 bits per heavy atom. The molecule has 0 radical (unpaired) electrons. The molecule has 3 aliphatic rings. The van der Waals surface area contributed by atoms with Gasteiger partial charge in [-0.1, -0.05) is 11.6 Å². The number of nitrogens with zero attached hydrogens (tertiary/aromatic N) is 6. The summed E-state index contributed by atoms with van der Waals surface area (Å²) in [6.07, 6.45) is 7.60. The van der Waals surface area contributed by atoms with Crippen molar-refractivity contribution in [3.05, 3.63) is 34.5 Å². The van der Waals surface area contributed by atoms with Crippen LogP contribution in [0, 0.1) is 13.8 Å². The maximum atomic E-state index is 13.0. The first kappa shape index (κ1) is 19.5. The number of carbonyl (C=O) groups excluding carboxylic acids is 1. The fraction of sp³-hybridized carbons (Fsp3) is 0.636. The molecule has 8 heteroatoms. The van der Waals surface area contributed by atoms with Crippen LogP contribution in [0.1, 0.15) is 52.3 Å². The predicted octanol–water partition coefficient (Wildman–Crippen LogP) is 2.00. The van der Waals surface area contributed by atoms with Gasteiger partial charge in [0, 0.05) is 57.9 Å². The zero-order chi connectivity index (χ0) is 20.7. The van der Waals surface area contributed by atoms with Gasteiger partial charge in [0.1, 0.15) is 11.3 Å². The Bertz CT molecular complexity index is 910. The molecule has 2 aliphatic heterocycles. The number of aryl methyl sites for hydroxylation is 2. The van der Waals surface area contributed by atoms with E-state index in [2.05, 4.69) is 19.9 Å². The van der Waals surface area contributed by atoms with Gasteiger partial charge in [0.15, 0.2) is 0 Å². The first-order valence-corrected chi connectivity index (χ1v) is 11.2. The largest absolute Gasteiger partial charge is 0.361 e. The van der Waals surface area contributed by atoms with Crippen molar-refractivity contribution < 1.29 is 9.32 Å². The Labute approximate surface area is 177 Å². The highest BCUT2D eigenvalue weighted by Crippen LogP contribution is 2.26. The number of piperazine rings is 1. The van der Waals surface area contributed by atoms with Gasteiger partial charge in [-0.2, -0.15) is 0 Å². The molecule has 5 rings (SSSR count). The van der Waals surface area contributed by atoms with Crippen LogP contribution in [0.25, 0.3) is 0 Å². The molecular weight excluding hydrogens is 380 g/mol. The molecule has 4 heterocycles. The molecule has 0 spiro atoms. The van der Waals surface area contributed by atoms with Crippen LogP contribution >= 0.6 is 0 Å². The van der Waals surface area contributed by atoms with Crippen LogP contribution in [0.2, 0.25) is 0 Å². The number of fused-ring (bicyclic) bond motifs is 1. The van der Waals surface area contributed by atoms with Crippen LogP contribution in [0.15, 0.2) is 10.7 Å². The van der Waals surface area contributed by atoms with Crippen molar-refractivity contribution in [2.45, 2.75) is 52.0 Å². The highest BCUT2D eigenvalue weighted by atomic mass is 16.5. The van der Waals surface area contributed by atoms with Crippen LogP contribution in [-0.4, -0.2) is 76.1 Å². The SMILES string of the molecule is Cc1noc(C)c1C(=O)N1CCc2cnc(N3CCN(C4CCC4)CC3)nc2CC1. The number of hydrogen-bond acceptors (Lipinski definition) is 7. The summed E-state index contributed by atoms with van der Waals surface area (Å²) in [7, 11) is 0. The van der Waals surface area contributed by atoms with Crippen molar-refractivity contribution in [1.82, 2.24) is 24.9 Å². The molecule has 0 atom stereocenters. The van der Waals surface area contributed by atoms with Crippen LogP contribution < -0.4 is 4.90 Å². The molecule has 0 N–H and O–H groups in total. The van der Waals surface area contributed by atoms with E-state index in [0.717, 1.165) is 62.3 Å². The van der Waals surface area contributed by atoms with E-state index in [4.69, 9.17) is 9.51 Å². The summed E-state index contributed by atoms with van der Waals surface area (Å²) in [5.74, 6) is 1.43. The zero-order valence-corrected chi connectivity index (χ0v) is 17.9. The molecule has 1 amide bonds. The van der Waals surface area contributed by atoms with Crippen LogP contribution in [0.4, 0.5) is 5.95 Å². The number of hydrogen-bond donors (Lipinski definition) is 0. The van der Waals surface area contributed by atoms with Crippen LogP contribution in [0.3, 0.4) is 0 Å². The fourth-order valence-electron chi connectivity index (χ4n) is 4.81. The molecule has 1 aliphatic carbocycles. The molecule has 8 nitrogen and oxygen atoms in total. The van der Waals surface area contributed by atoms with E-state index < -0.39 is 0 Å². The molecule has 160 valence electrons. The second-order valence-corrected chi connectivity index (χ2v) is 8.74. The summed E-state index contributed by atoms with van der Waals surface area (Å²) < 4.78 is 5.19. The van der Waals surface area contributed by atoms with Crippen LogP contribution in [0.5, 0.6) is 0 Å². The smallest absolute Gasteiger partial charge is 0.259 e. The standard InChI is InChI=1S/C22H30N6O2/c1-15-20(16(2)30-25-15)21(29)27-8-6-17-14-23-22(24-19(17)7-9-27)28-12-10-26(11-13-28)18-4-3-5-18/h14,18H,3-13H2,1-2H3. The third kappa shape index (κ3) is 3.57. The van der Waals surface area contributed by atoms with E-state index in [1.165, 1.54) is 19.3 Å². The van der Waals surface area contributed by atoms with Gasteiger partial charge in [0.2, 0.25) is 5.95 Å². The molecule has 2 fully saturated rings. The normalized spacial score (nSPS) is 20.6. The van der Waals surface area contributed by atoms with Gasteiger partial charge in [-0.25, -0.2) is 9.97 Å². The molecule has 2 aromatic rings. The second kappa shape index (κ2) is 7.98. The summed E-state index contributed by atoms with van der Waals surface area (Å²) in [6, 6.07) is 0.807. The Morgan fingerprint density at radius 2 is 1.83 bits per heavy atom. The highest BCUT2D eigenvalue weighted by molar-refractivity contribution is 5.96. The van der Waals surface area contributed by atoms with Gasteiger partial charge < -0.3 is 14.3 Å². The summed E-state index contributed by atoms with van der Waals surface area (Å²) in [5.41, 5.74) is 3.48. The number of rotatable bonds is 3. The maximum absolute atomic E-state index is 13.0. The lowest BCUT2D eigenvalue weighted by molar-refractivity contribution is 0.0760. The van der Waals surface area contributed by atoms with E-state index in [9.17, 15) is 4.79 Å². The Morgan fingerprint density at radius 3 is 2.50 bits per heavy atom. The van der Waals surface area contributed by atoms with Crippen molar-refractivity contribution in [2.75, 3.05) is 44.2 Å². The number of amides is 1. The third-order valence-electron chi connectivity index (χ3n) is 6.93. The van der Waals surface area contributed by atoms with Crippen molar-refractivity contribution in [2.24, 2.45) is 0 Å². The minimum Gasteiger partial charge on any atom is -0.361 e. The van der Waals surface area contributed by atoms with Crippen molar-refractivity contribution >= 4 is 11.9 Å². The lowest BCUT2D eigenvalue weighted by Gasteiger charge is -2.43. The maximum Gasteiger partial charge on any atom is 0.259 e. The van der Waals surface area contributed by atoms with Gasteiger partial charge in [0.25, 0.3) is 5.91 Å². The van der Waals surface area contributed by atoms with Gasteiger partial charge in [-0.15, -0.1) is 0 Å². The van der Waals surface area contributed by atoms with E-state index in [1.807, 2.05) is 18.0 Å².